The number of nitrogens with zero attached hydrogens (tertiary/aromatic N) is 1. The Labute approximate surface area is 104 Å². The molecule has 3 nitrogen and oxygen atoms in total. The number of aromatic nitrogens is 1. The lowest BCUT2D eigenvalue weighted by atomic mass is 9.93. The summed E-state index contributed by atoms with van der Waals surface area (Å²) in [6.07, 6.45) is 2.66. The van der Waals surface area contributed by atoms with E-state index in [9.17, 15) is 4.79 Å². The second kappa shape index (κ2) is 6.38. The van der Waals surface area contributed by atoms with Gasteiger partial charge in [0.2, 0.25) is 6.41 Å². The third kappa shape index (κ3) is 3.55. The minimum atomic E-state index is 0.564. The van der Waals surface area contributed by atoms with Crippen molar-refractivity contribution in [3.05, 3.63) is 28.6 Å². The molecule has 1 N–H and O–H groups in total. The van der Waals surface area contributed by atoms with Crippen molar-refractivity contribution in [2.75, 3.05) is 6.54 Å². The largest absolute Gasteiger partial charge is 0.358 e. The second-order valence-electron chi connectivity index (χ2n) is 4.54. The Hall–Kier alpha value is -1.38. The summed E-state index contributed by atoms with van der Waals surface area (Å²) in [6.45, 7) is 9.29. The number of nitrogens with one attached hydrogen (secondary N) is 1. The molecule has 1 unspecified atom stereocenters. The van der Waals surface area contributed by atoms with Crippen molar-refractivity contribution in [1.82, 2.24) is 10.3 Å². The van der Waals surface area contributed by atoms with Crippen molar-refractivity contribution in [3.63, 3.8) is 0 Å². The molecule has 1 aromatic heterocycles. The van der Waals surface area contributed by atoms with Gasteiger partial charge in [0.25, 0.3) is 0 Å². The molecule has 0 spiro atoms. The van der Waals surface area contributed by atoms with Crippen molar-refractivity contribution < 1.29 is 4.79 Å². The third-order valence-electron chi connectivity index (χ3n) is 3.36. The number of rotatable bonds is 6. The molecule has 0 aliphatic rings. The maximum absolute atomic E-state index is 10.2. The lowest BCUT2D eigenvalue weighted by Gasteiger charge is -2.16. The van der Waals surface area contributed by atoms with E-state index < -0.39 is 0 Å². The zero-order valence-corrected chi connectivity index (χ0v) is 11.2. The van der Waals surface area contributed by atoms with Gasteiger partial charge in [0, 0.05) is 24.4 Å². The molecule has 0 aromatic carbocycles. The number of pyridine rings is 1. The minimum absolute atomic E-state index is 0.564. The van der Waals surface area contributed by atoms with E-state index in [1.165, 1.54) is 11.1 Å². The Morgan fingerprint density at radius 1 is 1.47 bits per heavy atom. The summed E-state index contributed by atoms with van der Waals surface area (Å²) in [4.78, 5) is 14.8. The lowest BCUT2D eigenvalue weighted by Crippen LogP contribution is -2.15. The monoisotopic (exact) mass is 234 g/mol. The normalized spacial score (nSPS) is 12.2. The first-order valence-corrected chi connectivity index (χ1v) is 6.24. The molecular weight excluding hydrogens is 212 g/mol. The van der Waals surface area contributed by atoms with Crippen molar-refractivity contribution in [2.45, 2.75) is 46.5 Å². The van der Waals surface area contributed by atoms with Crippen LogP contribution in [0.25, 0.3) is 0 Å². The van der Waals surface area contributed by atoms with Crippen molar-refractivity contribution >= 4 is 6.41 Å². The quantitative estimate of drug-likeness (QED) is 0.607. The predicted molar refractivity (Wildman–Crippen MR) is 70.2 cm³/mol. The standard InChI is InChI=1S/C14H22N2O/c1-5-10(2)14-8-13(6-7-15-9-17)16-12(4)11(14)3/h8-10H,5-7H2,1-4H3,(H,15,17). The van der Waals surface area contributed by atoms with Gasteiger partial charge in [-0.25, -0.2) is 0 Å². The molecule has 94 valence electrons. The van der Waals surface area contributed by atoms with Crippen LogP contribution in [0.2, 0.25) is 0 Å². The fourth-order valence-electron chi connectivity index (χ4n) is 1.95. The number of aryl methyl sites for hydroxylation is 1. The number of carbonyl (C=O) groups is 1. The zero-order valence-electron chi connectivity index (χ0n) is 11.2. The topological polar surface area (TPSA) is 42.0 Å². The average Bonchev–Trinajstić information content (AvgIpc) is 2.32. The molecule has 1 amide bonds. The van der Waals surface area contributed by atoms with E-state index in [4.69, 9.17) is 0 Å². The minimum Gasteiger partial charge on any atom is -0.358 e. The lowest BCUT2D eigenvalue weighted by molar-refractivity contribution is -0.109. The van der Waals surface area contributed by atoms with E-state index in [1.807, 2.05) is 0 Å². The van der Waals surface area contributed by atoms with Crippen LogP contribution in [0.4, 0.5) is 0 Å². The van der Waals surface area contributed by atoms with Crippen LogP contribution >= 0.6 is 0 Å². The molecule has 0 aliphatic heterocycles. The van der Waals surface area contributed by atoms with Crippen LogP contribution in [0, 0.1) is 13.8 Å². The molecule has 1 rings (SSSR count). The first-order valence-electron chi connectivity index (χ1n) is 6.24. The Balaban J connectivity index is 2.93. The van der Waals surface area contributed by atoms with Gasteiger partial charge in [-0.2, -0.15) is 0 Å². The summed E-state index contributed by atoms with van der Waals surface area (Å²) in [5.41, 5.74) is 4.86. The molecule has 1 atom stereocenters. The van der Waals surface area contributed by atoms with Gasteiger partial charge in [-0.1, -0.05) is 13.8 Å². The summed E-state index contributed by atoms with van der Waals surface area (Å²) in [6, 6.07) is 2.18. The van der Waals surface area contributed by atoms with Gasteiger partial charge < -0.3 is 5.32 Å². The molecule has 0 radical (unpaired) electrons. The summed E-state index contributed by atoms with van der Waals surface area (Å²) >= 11 is 0. The Morgan fingerprint density at radius 3 is 2.76 bits per heavy atom. The molecule has 1 aromatic rings. The Bertz CT molecular complexity index is 388. The van der Waals surface area contributed by atoms with Crippen LogP contribution in [-0.2, 0) is 11.2 Å². The van der Waals surface area contributed by atoms with Gasteiger partial charge in [0.05, 0.1) is 0 Å². The van der Waals surface area contributed by atoms with E-state index in [0.29, 0.717) is 12.5 Å². The number of carbonyl (C=O) groups excluding carboxylic acids is 1. The van der Waals surface area contributed by atoms with Gasteiger partial charge >= 0.3 is 0 Å². The number of amides is 1. The molecule has 0 aliphatic carbocycles. The molecule has 17 heavy (non-hydrogen) atoms. The van der Waals surface area contributed by atoms with E-state index in [1.54, 1.807) is 0 Å². The highest BCUT2D eigenvalue weighted by Gasteiger charge is 2.10. The van der Waals surface area contributed by atoms with Gasteiger partial charge in [0.15, 0.2) is 0 Å². The first-order chi connectivity index (χ1) is 8.10. The Kier molecular flexibility index (Phi) is 5.13. The van der Waals surface area contributed by atoms with Crippen molar-refractivity contribution in [1.29, 1.82) is 0 Å². The number of hydrogen-bond acceptors (Lipinski definition) is 2. The maximum atomic E-state index is 10.2. The van der Waals surface area contributed by atoms with Gasteiger partial charge in [-0.3, -0.25) is 9.78 Å². The summed E-state index contributed by atoms with van der Waals surface area (Å²) in [7, 11) is 0. The van der Waals surface area contributed by atoms with Gasteiger partial charge in [-0.05, 0) is 43.4 Å². The third-order valence-corrected chi connectivity index (χ3v) is 3.36. The Morgan fingerprint density at radius 2 is 2.18 bits per heavy atom. The van der Waals surface area contributed by atoms with Gasteiger partial charge in [0.1, 0.15) is 0 Å². The highest BCUT2D eigenvalue weighted by Crippen LogP contribution is 2.24. The summed E-state index contributed by atoms with van der Waals surface area (Å²) in [5.74, 6) is 0.564. The molecule has 0 fully saturated rings. The van der Waals surface area contributed by atoms with E-state index >= 15 is 0 Å². The van der Waals surface area contributed by atoms with E-state index in [2.05, 4.69) is 44.1 Å². The highest BCUT2D eigenvalue weighted by atomic mass is 16.1. The van der Waals surface area contributed by atoms with Crippen LogP contribution < -0.4 is 5.32 Å². The van der Waals surface area contributed by atoms with Crippen LogP contribution in [0.5, 0.6) is 0 Å². The first kappa shape index (κ1) is 13.7. The molecule has 0 saturated heterocycles. The smallest absolute Gasteiger partial charge is 0.207 e. The zero-order chi connectivity index (χ0) is 12.8. The molecule has 1 heterocycles. The average molecular weight is 234 g/mol. The summed E-state index contributed by atoms with van der Waals surface area (Å²) in [5, 5.41) is 2.67. The number of hydrogen-bond donors (Lipinski definition) is 1. The molecule has 0 saturated carbocycles. The van der Waals surface area contributed by atoms with Crippen LogP contribution in [-0.4, -0.2) is 17.9 Å². The second-order valence-corrected chi connectivity index (χ2v) is 4.54. The highest BCUT2D eigenvalue weighted by molar-refractivity contribution is 5.45. The summed E-state index contributed by atoms with van der Waals surface area (Å²) < 4.78 is 0. The fourth-order valence-corrected chi connectivity index (χ4v) is 1.95. The van der Waals surface area contributed by atoms with Crippen molar-refractivity contribution in [3.8, 4) is 0 Å². The fraction of sp³-hybridized carbons (Fsp3) is 0.571. The molecule has 3 heteroatoms. The van der Waals surface area contributed by atoms with Crippen molar-refractivity contribution in [2.24, 2.45) is 0 Å². The van der Waals surface area contributed by atoms with Crippen LogP contribution in [0.3, 0.4) is 0 Å². The molecular formula is C14H22N2O. The van der Waals surface area contributed by atoms with Crippen LogP contribution in [0.1, 0.15) is 48.7 Å². The predicted octanol–water partition coefficient (Wildman–Crippen LogP) is 2.50. The van der Waals surface area contributed by atoms with E-state index in [-0.39, 0.29) is 0 Å². The molecule has 0 bridgehead atoms. The van der Waals surface area contributed by atoms with Crippen LogP contribution in [0.15, 0.2) is 6.07 Å². The van der Waals surface area contributed by atoms with Gasteiger partial charge in [-0.15, -0.1) is 0 Å². The SMILES string of the molecule is CCC(C)c1cc(CCNC=O)nc(C)c1C. The van der Waals surface area contributed by atoms with E-state index in [0.717, 1.165) is 30.6 Å². The maximum Gasteiger partial charge on any atom is 0.207 e.